The van der Waals surface area contributed by atoms with Crippen molar-refractivity contribution in [2.75, 3.05) is 6.61 Å². The molecule has 0 fully saturated rings. The number of rotatable bonds is 4. The quantitative estimate of drug-likeness (QED) is 0.926. The van der Waals surface area contributed by atoms with E-state index in [0.29, 0.717) is 18.6 Å². The van der Waals surface area contributed by atoms with Crippen LogP contribution in [0.15, 0.2) is 22.7 Å². The minimum absolute atomic E-state index is 0.190. The molecule has 0 aliphatic rings. The molecule has 0 heterocycles. The summed E-state index contributed by atoms with van der Waals surface area (Å²) in [5, 5.41) is 0. The fraction of sp³-hybridized carbons (Fsp3) is 0.538. The van der Waals surface area contributed by atoms with Crippen LogP contribution in [-0.4, -0.2) is 18.2 Å². The maximum Gasteiger partial charge on any atom is 0.127 e. The van der Waals surface area contributed by atoms with Crippen LogP contribution in [0.2, 0.25) is 0 Å². The Balaban J connectivity index is 2.53. The van der Waals surface area contributed by atoms with E-state index in [1.54, 1.807) is 6.07 Å². The third-order valence-corrected chi connectivity index (χ3v) is 2.72. The Morgan fingerprint density at radius 1 is 1.41 bits per heavy atom. The minimum Gasteiger partial charge on any atom is -0.374 e. The second-order valence-corrected chi connectivity index (χ2v) is 6.04. The third kappa shape index (κ3) is 5.61. The van der Waals surface area contributed by atoms with Crippen LogP contribution in [0.4, 0.5) is 4.39 Å². The van der Waals surface area contributed by atoms with Gasteiger partial charge < -0.3 is 10.5 Å². The summed E-state index contributed by atoms with van der Waals surface area (Å²) in [4.78, 5) is 0. The highest BCUT2D eigenvalue weighted by Crippen LogP contribution is 2.17. The molecule has 0 saturated heterocycles. The first-order chi connectivity index (χ1) is 7.78. The van der Waals surface area contributed by atoms with Crippen LogP contribution in [0.1, 0.15) is 26.3 Å². The van der Waals surface area contributed by atoms with Crippen molar-refractivity contribution in [2.45, 2.75) is 38.8 Å². The van der Waals surface area contributed by atoms with Crippen molar-refractivity contribution in [2.24, 2.45) is 5.73 Å². The molecule has 0 aromatic heterocycles. The van der Waals surface area contributed by atoms with E-state index in [9.17, 15) is 4.39 Å². The molecule has 1 unspecified atom stereocenters. The van der Waals surface area contributed by atoms with E-state index >= 15 is 0 Å². The van der Waals surface area contributed by atoms with Gasteiger partial charge in [-0.05, 0) is 44.9 Å². The number of hydrogen-bond donors (Lipinski definition) is 1. The summed E-state index contributed by atoms with van der Waals surface area (Å²) in [6, 6.07) is 4.82. The summed E-state index contributed by atoms with van der Waals surface area (Å²) in [7, 11) is 0. The molecule has 0 saturated carbocycles. The van der Waals surface area contributed by atoms with Gasteiger partial charge in [-0.25, -0.2) is 4.39 Å². The molecule has 0 bridgehead atoms. The lowest BCUT2D eigenvalue weighted by molar-refractivity contribution is -0.00989. The third-order valence-electron chi connectivity index (χ3n) is 2.23. The smallest absolute Gasteiger partial charge is 0.127 e. The zero-order valence-corrected chi connectivity index (χ0v) is 12.1. The van der Waals surface area contributed by atoms with Crippen LogP contribution in [0.3, 0.4) is 0 Å². The van der Waals surface area contributed by atoms with Gasteiger partial charge in [0.1, 0.15) is 5.82 Å². The van der Waals surface area contributed by atoms with Crippen molar-refractivity contribution in [3.63, 3.8) is 0 Å². The molecular formula is C13H19BrFNO. The largest absolute Gasteiger partial charge is 0.374 e. The van der Waals surface area contributed by atoms with Gasteiger partial charge in [0.05, 0.1) is 12.2 Å². The zero-order valence-electron chi connectivity index (χ0n) is 10.5. The first kappa shape index (κ1) is 14.6. The molecule has 17 heavy (non-hydrogen) atoms. The van der Waals surface area contributed by atoms with Gasteiger partial charge in [0.25, 0.3) is 0 Å². The second kappa shape index (κ2) is 5.94. The van der Waals surface area contributed by atoms with Gasteiger partial charge in [-0.15, -0.1) is 0 Å². The van der Waals surface area contributed by atoms with Gasteiger partial charge in [0.2, 0.25) is 0 Å². The summed E-state index contributed by atoms with van der Waals surface area (Å²) in [6.45, 7) is 6.35. The van der Waals surface area contributed by atoms with Crippen molar-refractivity contribution in [3.05, 3.63) is 34.1 Å². The van der Waals surface area contributed by atoms with Gasteiger partial charge >= 0.3 is 0 Å². The lowest BCUT2D eigenvalue weighted by Crippen LogP contribution is -2.33. The number of nitrogens with two attached hydrogens (primary N) is 1. The van der Waals surface area contributed by atoms with Gasteiger partial charge in [-0.3, -0.25) is 0 Å². The molecule has 2 N–H and O–H groups in total. The molecule has 0 amide bonds. The van der Waals surface area contributed by atoms with Crippen LogP contribution >= 0.6 is 15.9 Å². The van der Waals surface area contributed by atoms with E-state index in [0.717, 1.165) is 4.47 Å². The molecule has 1 rings (SSSR count). The van der Waals surface area contributed by atoms with Gasteiger partial charge in [0.15, 0.2) is 0 Å². The fourth-order valence-corrected chi connectivity index (χ4v) is 1.72. The molecule has 1 atom stereocenters. The Hall–Kier alpha value is -0.450. The van der Waals surface area contributed by atoms with E-state index in [-0.39, 0.29) is 17.5 Å². The van der Waals surface area contributed by atoms with Gasteiger partial charge in [-0.2, -0.15) is 0 Å². The number of benzene rings is 1. The molecule has 2 nitrogen and oxygen atoms in total. The van der Waals surface area contributed by atoms with E-state index in [4.69, 9.17) is 10.5 Å². The molecule has 0 radical (unpaired) electrons. The normalized spacial score (nSPS) is 13.8. The SMILES string of the molecule is CC(C)(C)OCC(N)Cc1ccc(Br)cc1F. The number of ether oxygens (including phenoxy) is 1. The Kier molecular flexibility index (Phi) is 5.10. The van der Waals surface area contributed by atoms with Crippen LogP contribution in [0, 0.1) is 5.82 Å². The Labute approximate surface area is 110 Å². The van der Waals surface area contributed by atoms with Crippen LogP contribution in [0.5, 0.6) is 0 Å². The summed E-state index contributed by atoms with van der Waals surface area (Å²) in [5.41, 5.74) is 6.33. The molecule has 0 spiro atoms. The highest BCUT2D eigenvalue weighted by molar-refractivity contribution is 9.10. The molecule has 4 heteroatoms. The van der Waals surface area contributed by atoms with Crippen molar-refractivity contribution in [3.8, 4) is 0 Å². The average molecular weight is 304 g/mol. The maximum atomic E-state index is 13.6. The van der Waals surface area contributed by atoms with E-state index in [1.165, 1.54) is 6.07 Å². The van der Waals surface area contributed by atoms with Crippen LogP contribution < -0.4 is 5.73 Å². The fourth-order valence-electron chi connectivity index (χ4n) is 1.39. The lowest BCUT2D eigenvalue weighted by atomic mass is 10.1. The van der Waals surface area contributed by atoms with Gasteiger partial charge in [0, 0.05) is 10.5 Å². The maximum absolute atomic E-state index is 13.6. The minimum atomic E-state index is -0.231. The Morgan fingerprint density at radius 2 is 2.06 bits per heavy atom. The summed E-state index contributed by atoms with van der Waals surface area (Å²) >= 11 is 3.22. The topological polar surface area (TPSA) is 35.2 Å². The Morgan fingerprint density at radius 3 is 2.59 bits per heavy atom. The highest BCUT2D eigenvalue weighted by atomic mass is 79.9. The van der Waals surface area contributed by atoms with E-state index < -0.39 is 0 Å². The summed E-state index contributed by atoms with van der Waals surface area (Å²) in [6.07, 6.45) is 0.481. The van der Waals surface area contributed by atoms with Crippen molar-refractivity contribution >= 4 is 15.9 Å². The lowest BCUT2D eigenvalue weighted by Gasteiger charge is -2.22. The number of hydrogen-bond acceptors (Lipinski definition) is 2. The molecule has 0 aliphatic carbocycles. The van der Waals surface area contributed by atoms with E-state index in [1.807, 2.05) is 26.8 Å². The highest BCUT2D eigenvalue weighted by Gasteiger charge is 2.14. The average Bonchev–Trinajstić information content (AvgIpc) is 2.18. The second-order valence-electron chi connectivity index (χ2n) is 5.12. The summed E-state index contributed by atoms with van der Waals surface area (Å²) < 4.78 is 19.9. The van der Waals surface area contributed by atoms with Crippen LogP contribution in [0.25, 0.3) is 0 Å². The standard InChI is InChI=1S/C13H19BrFNO/c1-13(2,3)17-8-11(16)6-9-4-5-10(14)7-12(9)15/h4-5,7,11H,6,8,16H2,1-3H3. The predicted molar refractivity (Wildman–Crippen MR) is 71.5 cm³/mol. The summed E-state index contributed by atoms with van der Waals surface area (Å²) in [5.74, 6) is -0.231. The van der Waals surface area contributed by atoms with Gasteiger partial charge in [-0.1, -0.05) is 22.0 Å². The molecule has 96 valence electrons. The predicted octanol–water partition coefficient (Wildman–Crippen LogP) is 3.27. The van der Waals surface area contributed by atoms with Crippen molar-refractivity contribution in [1.29, 1.82) is 0 Å². The van der Waals surface area contributed by atoms with E-state index in [2.05, 4.69) is 15.9 Å². The zero-order chi connectivity index (χ0) is 13.1. The first-order valence-electron chi connectivity index (χ1n) is 5.61. The first-order valence-corrected chi connectivity index (χ1v) is 6.41. The Bertz CT molecular complexity index is 376. The van der Waals surface area contributed by atoms with Crippen molar-refractivity contribution in [1.82, 2.24) is 0 Å². The van der Waals surface area contributed by atoms with Crippen LogP contribution in [-0.2, 0) is 11.2 Å². The molecular weight excluding hydrogens is 285 g/mol. The molecule has 0 aliphatic heterocycles. The molecule has 1 aromatic rings. The molecule has 1 aromatic carbocycles. The monoisotopic (exact) mass is 303 g/mol. The number of halogens is 2. The van der Waals surface area contributed by atoms with Crippen molar-refractivity contribution < 1.29 is 9.13 Å².